The Morgan fingerprint density at radius 1 is 1.11 bits per heavy atom. The lowest BCUT2D eigenvalue weighted by atomic mass is 10.3. The van der Waals surface area contributed by atoms with Gasteiger partial charge in [0.1, 0.15) is 10.7 Å². The van der Waals surface area contributed by atoms with Crippen LogP contribution >= 0.6 is 23.2 Å². The average Bonchev–Trinajstić information content (AvgIpc) is 2.31. The second-order valence-electron chi connectivity index (χ2n) is 3.42. The number of hydrogen-bond donors (Lipinski definition) is 1. The van der Waals surface area contributed by atoms with E-state index in [0.29, 0.717) is 0 Å². The first-order chi connectivity index (χ1) is 8.88. The molecule has 2 rings (SSSR count). The van der Waals surface area contributed by atoms with Crippen LogP contribution in [0.5, 0.6) is 0 Å². The van der Waals surface area contributed by atoms with E-state index >= 15 is 0 Å². The highest BCUT2D eigenvalue weighted by molar-refractivity contribution is 7.92. The van der Waals surface area contributed by atoms with Crippen LogP contribution in [-0.4, -0.2) is 18.6 Å². The molecule has 0 aliphatic heterocycles. The lowest BCUT2D eigenvalue weighted by Crippen LogP contribution is -2.14. The van der Waals surface area contributed by atoms with Crippen molar-refractivity contribution in [1.82, 2.24) is 10.2 Å². The van der Waals surface area contributed by atoms with Crippen LogP contribution in [0.4, 0.5) is 10.2 Å². The van der Waals surface area contributed by atoms with E-state index in [1.807, 2.05) is 0 Å². The lowest BCUT2D eigenvalue weighted by Gasteiger charge is -2.08. The largest absolute Gasteiger partial charge is 0.264 e. The Kier molecular flexibility index (Phi) is 3.88. The summed E-state index contributed by atoms with van der Waals surface area (Å²) in [5.74, 6) is -0.653. The molecule has 9 heteroatoms. The molecule has 0 fully saturated rings. The summed E-state index contributed by atoms with van der Waals surface area (Å²) in [6.07, 6.45) is 0. The van der Waals surface area contributed by atoms with E-state index in [4.69, 9.17) is 23.2 Å². The Labute approximate surface area is 118 Å². The molecule has 0 bridgehead atoms. The number of rotatable bonds is 3. The van der Waals surface area contributed by atoms with Crippen LogP contribution in [-0.2, 0) is 10.0 Å². The number of hydrogen-bond acceptors (Lipinski definition) is 4. The molecule has 0 radical (unpaired) electrons. The second kappa shape index (κ2) is 5.28. The summed E-state index contributed by atoms with van der Waals surface area (Å²) in [7, 11) is -3.97. The Balaban J connectivity index is 2.35. The second-order valence-corrected chi connectivity index (χ2v) is 5.87. The Morgan fingerprint density at radius 2 is 1.84 bits per heavy atom. The van der Waals surface area contributed by atoms with E-state index in [0.717, 1.165) is 18.2 Å². The standard InChI is InChI=1S/C10H6Cl2FN3O2S/c11-7-5-6(13)1-2-8(7)19(17,18)16-10-4-3-9(12)14-15-10/h1-5H,(H,15,16). The molecule has 1 aromatic carbocycles. The first-order valence-electron chi connectivity index (χ1n) is 4.85. The van der Waals surface area contributed by atoms with Gasteiger partial charge in [0.05, 0.1) is 5.02 Å². The van der Waals surface area contributed by atoms with Gasteiger partial charge in [-0.2, -0.15) is 0 Å². The number of sulfonamides is 1. The fourth-order valence-electron chi connectivity index (χ4n) is 1.26. The van der Waals surface area contributed by atoms with E-state index in [1.54, 1.807) is 0 Å². The third kappa shape index (κ3) is 3.31. The number of nitrogens with zero attached hydrogens (tertiary/aromatic N) is 2. The van der Waals surface area contributed by atoms with Gasteiger partial charge in [-0.25, -0.2) is 12.8 Å². The molecular weight excluding hydrogens is 316 g/mol. The zero-order valence-corrected chi connectivity index (χ0v) is 11.5. The van der Waals surface area contributed by atoms with Gasteiger partial charge in [0.2, 0.25) is 0 Å². The molecule has 1 N–H and O–H groups in total. The van der Waals surface area contributed by atoms with Crippen molar-refractivity contribution < 1.29 is 12.8 Å². The summed E-state index contributed by atoms with van der Waals surface area (Å²) in [6, 6.07) is 5.67. The van der Waals surface area contributed by atoms with Gasteiger partial charge in [0.15, 0.2) is 11.0 Å². The molecule has 1 aromatic heterocycles. The average molecular weight is 322 g/mol. The van der Waals surface area contributed by atoms with E-state index in [9.17, 15) is 12.8 Å². The highest BCUT2D eigenvalue weighted by Gasteiger charge is 2.19. The predicted octanol–water partition coefficient (Wildman–Crippen LogP) is 2.72. The molecule has 0 aliphatic carbocycles. The Morgan fingerprint density at radius 3 is 2.42 bits per heavy atom. The van der Waals surface area contributed by atoms with Crippen LogP contribution < -0.4 is 4.72 Å². The fourth-order valence-corrected chi connectivity index (χ4v) is 2.89. The van der Waals surface area contributed by atoms with Gasteiger partial charge in [-0.15, -0.1) is 10.2 Å². The van der Waals surface area contributed by atoms with Crippen LogP contribution in [0.15, 0.2) is 35.2 Å². The molecule has 0 amide bonds. The lowest BCUT2D eigenvalue weighted by molar-refractivity contribution is 0.599. The van der Waals surface area contributed by atoms with Crippen molar-refractivity contribution in [2.45, 2.75) is 4.90 Å². The normalized spacial score (nSPS) is 11.3. The van der Waals surface area contributed by atoms with Crippen LogP contribution in [0, 0.1) is 5.82 Å². The summed E-state index contributed by atoms with van der Waals surface area (Å²) >= 11 is 11.2. The molecule has 0 spiro atoms. The summed E-state index contributed by atoms with van der Waals surface area (Å²) in [6.45, 7) is 0. The van der Waals surface area contributed by atoms with Crippen LogP contribution in [0.2, 0.25) is 10.2 Å². The maximum absolute atomic E-state index is 12.9. The van der Waals surface area contributed by atoms with Crippen molar-refractivity contribution in [2.24, 2.45) is 0 Å². The van der Waals surface area contributed by atoms with Crippen molar-refractivity contribution in [3.8, 4) is 0 Å². The Bertz CT molecular complexity index is 707. The van der Waals surface area contributed by atoms with E-state index in [1.165, 1.54) is 12.1 Å². The SMILES string of the molecule is O=S(=O)(Nc1ccc(Cl)nn1)c1ccc(F)cc1Cl. The zero-order valence-electron chi connectivity index (χ0n) is 9.14. The van der Waals surface area contributed by atoms with Gasteiger partial charge >= 0.3 is 0 Å². The van der Waals surface area contributed by atoms with Gasteiger partial charge < -0.3 is 0 Å². The molecule has 5 nitrogen and oxygen atoms in total. The molecule has 100 valence electrons. The molecular formula is C10H6Cl2FN3O2S. The predicted molar refractivity (Wildman–Crippen MR) is 69.3 cm³/mol. The highest BCUT2D eigenvalue weighted by Crippen LogP contribution is 2.24. The van der Waals surface area contributed by atoms with Crippen LogP contribution in [0.3, 0.4) is 0 Å². The summed E-state index contributed by atoms with van der Waals surface area (Å²) in [5, 5.41) is 6.94. The van der Waals surface area contributed by atoms with Gasteiger partial charge in [-0.05, 0) is 30.3 Å². The first kappa shape index (κ1) is 14.0. The van der Waals surface area contributed by atoms with Crippen molar-refractivity contribution in [3.63, 3.8) is 0 Å². The number of anilines is 1. The molecule has 0 saturated carbocycles. The smallest absolute Gasteiger partial charge is 0.262 e. The number of benzene rings is 1. The molecule has 2 aromatic rings. The van der Waals surface area contributed by atoms with E-state index < -0.39 is 15.8 Å². The Hall–Kier alpha value is -1.44. The van der Waals surface area contributed by atoms with Crippen molar-refractivity contribution in [2.75, 3.05) is 4.72 Å². The van der Waals surface area contributed by atoms with E-state index in [2.05, 4.69) is 14.9 Å². The van der Waals surface area contributed by atoms with Gasteiger partial charge in [-0.1, -0.05) is 23.2 Å². The minimum absolute atomic E-state index is 0.0233. The zero-order chi connectivity index (χ0) is 14.0. The molecule has 1 heterocycles. The summed E-state index contributed by atoms with van der Waals surface area (Å²) in [4.78, 5) is -0.257. The maximum Gasteiger partial charge on any atom is 0.264 e. The molecule has 19 heavy (non-hydrogen) atoms. The van der Waals surface area contributed by atoms with Crippen molar-refractivity contribution in [1.29, 1.82) is 0 Å². The summed E-state index contributed by atoms with van der Waals surface area (Å²) in [5.41, 5.74) is 0. The third-order valence-corrected chi connectivity index (χ3v) is 4.09. The third-order valence-electron chi connectivity index (χ3n) is 2.05. The van der Waals surface area contributed by atoms with Crippen LogP contribution in [0.25, 0.3) is 0 Å². The van der Waals surface area contributed by atoms with E-state index in [-0.39, 0.29) is 20.9 Å². The van der Waals surface area contributed by atoms with Gasteiger partial charge in [0.25, 0.3) is 10.0 Å². The van der Waals surface area contributed by atoms with Gasteiger partial charge in [0, 0.05) is 0 Å². The minimum Gasteiger partial charge on any atom is -0.262 e. The highest BCUT2D eigenvalue weighted by atomic mass is 35.5. The number of nitrogens with one attached hydrogen (secondary N) is 1. The van der Waals surface area contributed by atoms with Crippen LogP contribution in [0.1, 0.15) is 0 Å². The first-order valence-corrected chi connectivity index (χ1v) is 7.09. The monoisotopic (exact) mass is 321 g/mol. The molecule has 0 aliphatic rings. The van der Waals surface area contributed by atoms with Crippen molar-refractivity contribution in [3.05, 3.63) is 46.3 Å². The summed E-state index contributed by atoms with van der Waals surface area (Å²) < 4.78 is 39.0. The minimum atomic E-state index is -3.97. The molecule has 0 unspecified atom stereocenters. The number of aromatic nitrogens is 2. The topological polar surface area (TPSA) is 72.0 Å². The van der Waals surface area contributed by atoms with Gasteiger partial charge in [-0.3, -0.25) is 4.72 Å². The fraction of sp³-hybridized carbons (Fsp3) is 0. The van der Waals surface area contributed by atoms with Crippen molar-refractivity contribution >= 4 is 39.0 Å². The number of halogens is 3. The molecule has 0 atom stereocenters. The molecule has 0 saturated heterocycles. The maximum atomic E-state index is 12.9. The quantitative estimate of drug-likeness (QED) is 0.943.